The number of aliphatic carboxylic acids is 1. The average molecular weight is 1040 g/mol. The fourth-order valence-electron chi connectivity index (χ4n) is 9.88. The van der Waals surface area contributed by atoms with Gasteiger partial charge in [-0.2, -0.15) is 0 Å². The van der Waals surface area contributed by atoms with Crippen LogP contribution in [0.5, 0.6) is 0 Å². The minimum atomic E-state index is -1.30. The first-order chi connectivity index (χ1) is 35.6. The van der Waals surface area contributed by atoms with Crippen molar-refractivity contribution in [2.24, 2.45) is 5.41 Å². The van der Waals surface area contributed by atoms with Gasteiger partial charge in [0.2, 0.25) is 35.4 Å². The maximum atomic E-state index is 14.7. The molecule has 1 unspecified atom stereocenters. The van der Waals surface area contributed by atoms with E-state index in [4.69, 9.17) is 0 Å². The fraction of sp³-hybridized carbons (Fsp3) is 0.509. The van der Waals surface area contributed by atoms with E-state index in [1.165, 1.54) is 34.1 Å². The number of fused-ring (bicyclic) bond motifs is 1. The zero-order valence-corrected chi connectivity index (χ0v) is 44.2. The molecular weight excluding hydrogens is 961 g/mol. The summed E-state index contributed by atoms with van der Waals surface area (Å²) >= 11 is 0. The van der Waals surface area contributed by atoms with Crippen molar-refractivity contribution in [3.63, 3.8) is 0 Å². The van der Waals surface area contributed by atoms with Crippen LogP contribution in [-0.4, -0.2) is 144 Å². The highest BCUT2D eigenvalue weighted by molar-refractivity contribution is 6.01. The Morgan fingerprint density at radius 3 is 1.77 bits per heavy atom. The number of hydrogen-bond acceptors (Lipinski definition) is 11. The van der Waals surface area contributed by atoms with Gasteiger partial charge in [-0.1, -0.05) is 81.4 Å². The highest BCUT2D eigenvalue weighted by atomic mass is 16.4. The Morgan fingerprint density at radius 2 is 1.20 bits per heavy atom. The molecule has 1 aliphatic carbocycles. The highest BCUT2D eigenvalue weighted by Gasteiger charge is 2.47. The van der Waals surface area contributed by atoms with Crippen LogP contribution in [0, 0.1) is 5.41 Å². The van der Waals surface area contributed by atoms with Gasteiger partial charge in [0, 0.05) is 42.7 Å². The molecule has 2 fully saturated rings. The predicted molar refractivity (Wildman–Crippen MR) is 280 cm³/mol. The van der Waals surface area contributed by atoms with E-state index in [0.717, 1.165) is 29.5 Å². The van der Waals surface area contributed by atoms with Crippen molar-refractivity contribution in [2.75, 3.05) is 27.2 Å². The topological polar surface area (TPSA) is 277 Å². The quantitative estimate of drug-likeness (QED) is 0.0789. The average Bonchev–Trinajstić information content (AvgIpc) is 4.03. The van der Waals surface area contributed by atoms with Crippen molar-refractivity contribution in [3.05, 3.63) is 107 Å². The van der Waals surface area contributed by atoms with Gasteiger partial charge in [0.15, 0.2) is 0 Å². The number of nitrogens with zero attached hydrogens (tertiary/aromatic N) is 2. The Kier molecular flexibility index (Phi) is 19.3. The summed E-state index contributed by atoms with van der Waals surface area (Å²) < 4.78 is 0. The SMILES string of the molecule is CN[C@@H](C)C(=O)N[C@@H](CCC(=O)O)C(=O)N1C[C@@H](NC(=O)c2cccc(C(=O)N[C@H]3C[C@@H](C(=O)N[C@@H]4CCCc5ccccc54)N(C(=O)[C@@H](NC(=O)[C@H](C)NC)C(C)(C)C)C3)c2)CC1C(=O)N[C@H](C)c1ccccc1. The van der Waals surface area contributed by atoms with Gasteiger partial charge in [-0.3, -0.25) is 43.2 Å². The molecule has 0 aromatic heterocycles. The van der Waals surface area contributed by atoms with E-state index in [1.807, 2.05) is 75.4 Å². The van der Waals surface area contributed by atoms with Crippen LogP contribution in [0.3, 0.4) is 0 Å². The lowest BCUT2D eigenvalue weighted by molar-refractivity contribution is -0.144. The number of carboxylic acids is 1. The molecule has 8 amide bonds. The Hall–Kier alpha value is -7.19. The second-order valence-electron chi connectivity index (χ2n) is 21.0. The van der Waals surface area contributed by atoms with Crippen molar-refractivity contribution in [1.82, 2.24) is 52.3 Å². The van der Waals surface area contributed by atoms with E-state index < -0.39 is 114 Å². The maximum Gasteiger partial charge on any atom is 0.303 e. The van der Waals surface area contributed by atoms with Crippen LogP contribution in [0.25, 0.3) is 0 Å². The normalized spacial score (nSPS) is 21.3. The van der Waals surface area contributed by atoms with Crippen LogP contribution in [0.1, 0.15) is 130 Å². The molecule has 3 aromatic carbocycles. The van der Waals surface area contributed by atoms with Gasteiger partial charge in [-0.25, -0.2) is 0 Å². The molecule has 20 heteroatoms. The van der Waals surface area contributed by atoms with Gasteiger partial charge in [-0.05, 0) is 114 Å². The summed E-state index contributed by atoms with van der Waals surface area (Å²) in [4.78, 5) is 126. The first kappa shape index (κ1) is 57.1. The lowest BCUT2D eigenvalue weighted by Gasteiger charge is -2.36. The van der Waals surface area contributed by atoms with Gasteiger partial charge in [-0.15, -0.1) is 0 Å². The molecule has 404 valence electrons. The van der Waals surface area contributed by atoms with Crippen molar-refractivity contribution in [2.45, 2.75) is 147 Å². The molecule has 2 heterocycles. The number of likely N-dealkylation sites (tertiary alicyclic amines) is 2. The van der Waals surface area contributed by atoms with E-state index in [0.29, 0.717) is 6.42 Å². The lowest BCUT2D eigenvalue weighted by Crippen LogP contribution is -2.59. The molecule has 10 atom stereocenters. The van der Waals surface area contributed by atoms with E-state index in [1.54, 1.807) is 34.9 Å². The Balaban J connectivity index is 1.20. The van der Waals surface area contributed by atoms with Gasteiger partial charge in [0.1, 0.15) is 24.2 Å². The zero-order valence-electron chi connectivity index (χ0n) is 44.2. The van der Waals surface area contributed by atoms with Crippen LogP contribution in [0.15, 0.2) is 78.9 Å². The van der Waals surface area contributed by atoms with Gasteiger partial charge >= 0.3 is 5.97 Å². The van der Waals surface area contributed by atoms with E-state index in [2.05, 4.69) is 42.5 Å². The minimum absolute atomic E-state index is 0.0231. The summed E-state index contributed by atoms with van der Waals surface area (Å²) in [6.07, 6.45) is 1.82. The fourth-order valence-corrected chi connectivity index (χ4v) is 9.88. The van der Waals surface area contributed by atoms with Crippen molar-refractivity contribution in [1.29, 1.82) is 0 Å². The van der Waals surface area contributed by atoms with Crippen LogP contribution in [0.4, 0.5) is 0 Å². The van der Waals surface area contributed by atoms with Gasteiger partial charge in [0.05, 0.1) is 24.2 Å². The molecular formula is C55H74N10O10. The Morgan fingerprint density at radius 1 is 0.653 bits per heavy atom. The summed E-state index contributed by atoms with van der Waals surface area (Å²) in [5.41, 5.74) is 2.40. The molecule has 0 saturated carbocycles. The summed E-state index contributed by atoms with van der Waals surface area (Å²) in [7, 11) is 3.20. The summed E-state index contributed by atoms with van der Waals surface area (Å²) in [5.74, 6) is -5.37. The number of carbonyl (C=O) groups excluding carboxylic acids is 8. The second-order valence-corrected chi connectivity index (χ2v) is 21.0. The monoisotopic (exact) mass is 1030 g/mol. The first-order valence-corrected chi connectivity index (χ1v) is 25.8. The third-order valence-corrected chi connectivity index (χ3v) is 14.5. The Labute approximate surface area is 438 Å². The van der Waals surface area contributed by atoms with Crippen LogP contribution < -0.4 is 42.5 Å². The molecule has 9 N–H and O–H groups in total. The largest absolute Gasteiger partial charge is 0.481 e. The third-order valence-electron chi connectivity index (χ3n) is 14.5. The zero-order chi connectivity index (χ0) is 54.7. The molecule has 20 nitrogen and oxygen atoms in total. The van der Waals surface area contributed by atoms with E-state index in [9.17, 15) is 48.3 Å². The van der Waals surface area contributed by atoms with Crippen molar-refractivity contribution < 1.29 is 48.3 Å². The molecule has 75 heavy (non-hydrogen) atoms. The molecule has 2 saturated heterocycles. The third kappa shape index (κ3) is 14.6. The molecule has 2 aliphatic heterocycles. The lowest BCUT2D eigenvalue weighted by atomic mass is 9.85. The number of carboxylic acid groups (broad SMARTS) is 1. The standard InChI is InChI=1S/C55H74N10O10/c1-31(34-16-10-9-11-17-34)58-51(72)43-27-38(29-64(43)53(74)42(24-25-45(66)67)62-47(68)32(2)56-7)59-49(70)36-20-14-21-37(26-36)50(71)60-39-28-44(52(73)61-41-23-15-19-35-18-12-13-22-40(35)41)65(30-39)54(75)46(55(4,5)6)63-48(69)33(3)57-8/h9-14,16-18,20-22,26,31-33,38-39,41-44,46,56-57H,15,19,23-25,27-30H2,1-8H3,(H,58,72)(H,59,70)(H,60,71)(H,61,73)(H,62,68)(H,63,69)(H,66,67)/t31-,32+,33+,38+,39+,41-,42+,43?,44+,46-/m1/s1. The summed E-state index contributed by atoms with van der Waals surface area (Å²) in [6.45, 7) is 10.3. The number of likely N-dealkylation sites (N-methyl/N-ethyl adjacent to an activating group) is 2. The summed E-state index contributed by atoms with van der Waals surface area (Å²) in [6, 6.07) is 15.1. The van der Waals surface area contributed by atoms with Crippen molar-refractivity contribution in [3.8, 4) is 0 Å². The minimum Gasteiger partial charge on any atom is -0.481 e. The first-order valence-electron chi connectivity index (χ1n) is 25.8. The number of aryl methyl sites for hydroxylation is 1. The molecule has 3 aromatic rings. The van der Waals surface area contributed by atoms with Gasteiger partial charge < -0.3 is 57.4 Å². The number of rotatable bonds is 20. The number of amides is 8. The van der Waals surface area contributed by atoms with E-state index in [-0.39, 0.29) is 55.4 Å². The second kappa shape index (κ2) is 25.4. The van der Waals surface area contributed by atoms with Crippen LogP contribution in [0.2, 0.25) is 0 Å². The van der Waals surface area contributed by atoms with E-state index >= 15 is 0 Å². The number of nitrogens with one attached hydrogen (secondary N) is 8. The number of hydrogen-bond donors (Lipinski definition) is 9. The molecule has 0 spiro atoms. The molecule has 6 rings (SSSR count). The number of carbonyl (C=O) groups is 9. The van der Waals surface area contributed by atoms with Crippen LogP contribution >= 0.6 is 0 Å². The Bertz CT molecular complexity index is 2590. The van der Waals surface area contributed by atoms with Crippen LogP contribution in [-0.2, 0) is 40.0 Å². The summed E-state index contributed by atoms with van der Waals surface area (Å²) in [5, 5.41) is 32.8. The molecule has 3 aliphatic rings. The van der Waals surface area contributed by atoms with Gasteiger partial charge in [0.25, 0.3) is 11.8 Å². The molecule has 0 radical (unpaired) electrons. The predicted octanol–water partition coefficient (Wildman–Crippen LogP) is 2.25. The smallest absolute Gasteiger partial charge is 0.303 e. The van der Waals surface area contributed by atoms with Crippen molar-refractivity contribution >= 4 is 53.2 Å². The maximum absolute atomic E-state index is 14.7. The molecule has 0 bridgehead atoms. The number of benzene rings is 3. The highest BCUT2D eigenvalue weighted by Crippen LogP contribution is 2.32.